The minimum atomic E-state index is -3.72. The van der Waals surface area contributed by atoms with Gasteiger partial charge in [0.05, 0.1) is 23.0 Å². The molecule has 0 unspecified atom stereocenters. The fraction of sp³-hybridized carbons (Fsp3) is 0.211. The Morgan fingerprint density at radius 1 is 1.07 bits per heavy atom. The zero-order chi connectivity index (χ0) is 19.6. The number of carbonyl (C=O) groups excluding carboxylic acids is 1. The lowest BCUT2D eigenvalue weighted by molar-refractivity contribution is 0.104. The molecule has 28 heavy (non-hydrogen) atoms. The Kier molecular flexibility index (Phi) is 5.49. The molecule has 4 rings (SSSR count). The van der Waals surface area contributed by atoms with E-state index < -0.39 is 10.0 Å². The van der Waals surface area contributed by atoms with Gasteiger partial charge in [-0.05, 0) is 35.7 Å². The van der Waals surface area contributed by atoms with Crippen LogP contribution in [0.5, 0.6) is 11.5 Å². The maximum Gasteiger partial charge on any atom is 0.241 e. The monoisotopic (exact) mass is 435 g/mol. The second kappa shape index (κ2) is 8.04. The van der Waals surface area contributed by atoms with Crippen molar-refractivity contribution in [1.29, 1.82) is 0 Å². The zero-order valence-corrected chi connectivity index (χ0v) is 17.2. The second-order valence-electron chi connectivity index (χ2n) is 6.09. The molecule has 3 aromatic rings. The summed E-state index contributed by atoms with van der Waals surface area (Å²) in [5.41, 5.74) is 0.645. The lowest BCUT2D eigenvalue weighted by Crippen LogP contribution is -2.22. The third-order valence-corrected chi connectivity index (χ3v) is 7.30. The van der Waals surface area contributed by atoms with Crippen molar-refractivity contribution in [2.75, 3.05) is 13.2 Å². The normalized spacial score (nSPS) is 13.9. The van der Waals surface area contributed by atoms with Crippen molar-refractivity contribution < 1.29 is 22.7 Å². The SMILES string of the molecule is O=C(c1ccsc1)c1ccc(CNS(=O)(=O)c2ccc3c(c2)OCCCO3)s1. The van der Waals surface area contributed by atoms with E-state index in [1.54, 1.807) is 29.6 Å². The average Bonchev–Trinajstić information content (AvgIpc) is 3.34. The van der Waals surface area contributed by atoms with Crippen LogP contribution in [0.1, 0.15) is 26.5 Å². The lowest BCUT2D eigenvalue weighted by Gasteiger charge is -2.10. The van der Waals surface area contributed by atoms with Crippen molar-refractivity contribution in [3.8, 4) is 11.5 Å². The predicted octanol–water partition coefficient (Wildman–Crippen LogP) is 3.68. The molecule has 1 aromatic carbocycles. The molecule has 0 amide bonds. The van der Waals surface area contributed by atoms with Crippen LogP contribution >= 0.6 is 22.7 Å². The van der Waals surface area contributed by atoms with Crippen molar-refractivity contribution in [2.45, 2.75) is 17.9 Å². The molecule has 0 fully saturated rings. The number of rotatable bonds is 6. The maximum atomic E-state index is 12.6. The van der Waals surface area contributed by atoms with Gasteiger partial charge in [0, 0.05) is 34.9 Å². The summed E-state index contributed by atoms with van der Waals surface area (Å²) < 4.78 is 38.9. The first kappa shape index (κ1) is 19.1. The Hall–Kier alpha value is -2.20. The molecule has 3 heterocycles. The van der Waals surface area contributed by atoms with Gasteiger partial charge in [0.2, 0.25) is 15.8 Å². The van der Waals surface area contributed by atoms with E-state index in [4.69, 9.17) is 9.47 Å². The Balaban J connectivity index is 1.46. The standard InChI is InChI=1S/C19H17NO5S3/c21-19(13-6-9-26-12-13)18-5-2-14(27-18)11-20-28(22,23)15-3-4-16-17(10-15)25-8-1-7-24-16/h2-6,9-10,12,20H,1,7-8,11H2. The summed E-state index contributed by atoms with van der Waals surface area (Å²) in [6, 6.07) is 9.85. The minimum absolute atomic E-state index is 0.0525. The molecule has 0 aliphatic carbocycles. The highest BCUT2D eigenvalue weighted by Crippen LogP contribution is 2.32. The van der Waals surface area contributed by atoms with E-state index in [-0.39, 0.29) is 17.2 Å². The van der Waals surface area contributed by atoms with Gasteiger partial charge in [0.25, 0.3) is 0 Å². The van der Waals surface area contributed by atoms with Crippen LogP contribution in [0.25, 0.3) is 0 Å². The van der Waals surface area contributed by atoms with Crippen molar-refractivity contribution in [2.24, 2.45) is 0 Å². The first-order valence-electron chi connectivity index (χ1n) is 8.58. The summed E-state index contributed by atoms with van der Waals surface area (Å²) in [6.45, 7) is 1.14. The number of thiophene rings is 2. The van der Waals surface area contributed by atoms with Gasteiger partial charge in [0.1, 0.15) is 0 Å². The number of hydrogen-bond acceptors (Lipinski definition) is 7. The summed E-state index contributed by atoms with van der Waals surface area (Å²) in [5, 5.41) is 3.65. The van der Waals surface area contributed by atoms with Crippen LogP contribution in [-0.2, 0) is 16.6 Å². The number of ketones is 1. The first-order valence-corrected chi connectivity index (χ1v) is 11.8. The highest BCUT2D eigenvalue weighted by atomic mass is 32.2. The van der Waals surface area contributed by atoms with Crippen LogP contribution in [0.3, 0.4) is 0 Å². The lowest BCUT2D eigenvalue weighted by atomic mass is 10.2. The number of ether oxygens (including phenoxy) is 2. The van der Waals surface area contributed by atoms with Gasteiger partial charge < -0.3 is 9.47 Å². The number of sulfonamides is 1. The third kappa shape index (κ3) is 4.12. The van der Waals surface area contributed by atoms with E-state index >= 15 is 0 Å². The van der Waals surface area contributed by atoms with E-state index in [0.717, 1.165) is 11.3 Å². The summed E-state index contributed by atoms with van der Waals surface area (Å²) in [7, 11) is -3.72. The smallest absolute Gasteiger partial charge is 0.241 e. The Bertz CT molecular complexity index is 1090. The van der Waals surface area contributed by atoms with Gasteiger partial charge in [-0.2, -0.15) is 11.3 Å². The van der Waals surface area contributed by atoms with Gasteiger partial charge in [0.15, 0.2) is 11.5 Å². The van der Waals surface area contributed by atoms with Crippen LogP contribution in [0, 0.1) is 0 Å². The van der Waals surface area contributed by atoms with Crippen molar-refractivity contribution in [3.63, 3.8) is 0 Å². The van der Waals surface area contributed by atoms with E-state index in [1.165, 1.54) is 34.8 Å². The number of benzene rings is 1. The van der Waals surface area contributed by atoms with Crippen molar-refractivity contribution >= 4 is 38.5 Å². The minimum Gasteiger partial charge on any atom is -0.490 e. The van der Waals surface area contributed by atoms with E-state index in [0.29, 0.717) is 35.2 Å². The molecular weight excluding hydrogens is 418 g/mol. The molecule has 1 aliphatic heterocycles. The quantitative estimate of drug-likeness (QED) is 0.598. The highest BCUT2D eigenvalue weighted by molar-refractivity contribution is 7.89. The fourth-order valence-corrected chi connectivity index (χ4v) is 5.35. The number of nitrogens with one attached hydrogen (secondary N) is 1. The van der Waals surface area contributed by atoms with Gasteiger partial charge >= 0.3 is 0 Å². The average molecular weight is 436 g/mol. The van der Waals surface area contributed by atoms with E-state index in [1.807, 2.05) is 5.38 Å². The fourth-order valence-electron chi connectivity index (χ4n) is 2.69. The predicted molar refractivity (Wildman–Crippen MR) is 108 cm³/mol. The third-order valence-electron chi connectivity index (χ3n) is 4.13. The molecule has 0 saturated heterocycles. The molecule has 9 heteroatoms. The molecule has 0 radical (unpaired) electrons. The topological polar surface area (TPSA) is 81.7 Å². The van der Waals surface area contributed by atoms with Gasteiger partial charge in [-0.15, -0.1) is 11.3 Å². The number of fused-ring (bicyclic) bond motifs is 1. The molecular formula is C19H17NO5S3. The molecule has 6 nitrogen and oxygen atoms in total. The second-order valence-corrected chi connectivity index (χ2v) is 9.81. The molecule has 0 saturated carbocycles. The molecule has 2 aromatic heterocycles. The van der Waals surface area contributed by atoms with Crippen molar-refractivity contribution in [1.82, 2.24) is 4.72 Å². The van der Waals surface area contributed by atoms with Gasteiger partial charge in [-0.25, -0.2) is 13.1 Å². The Morgan fingerprint density at radius 3 is 2.68 bits per heavy atom. The van der Waals surface area contributed by atoms with Crippen LogP contribution in [0.4, 0.5) is 0 Å². The van der Waals surface area contributed by atoms with Crippen molar-refractivity contribution in [3.05, 3.63) is 62.5 Å². The van der Waals surface area contributed by atoms with E-state index in [9.17, 15) is 13.2 Å². The summed E-state index contributed by atoms with van der Waals surface area (Å²) in [6.07, 6.45) is 0.750. The van der Waals surface area contributed by atoms with Crippen LogP contribution in [0.2, 0.25) is 0 Å². The molecule has 0 bridgehead atoms. The summed E-state index contributed by atoms with van der Waals surface area (Å²) in [5.74, 6) is 0.926. The molecule has 146 valence electrons. The Labute approximate surface area is 170 Å². The molecule has 1 aliphatic rings. The van der Waals surface area contributed by atoms with Gasteiger partial charge in [-0.3, -0.25) is 4.79 Å². The van der Waals surface area contributed by atoms with Crippen LogP contribution in [0.15, 0.2) is 52.1 Å². The van der Waals surface area contributed by atoms with Crippen LogP contribution in [-0.4, -0.2) is 27.4 Å². The largest absolute Gasteiger partial charge is 0.490 e. The molecule has 1 N–H and O–H groups in total. The molecule has 0 atom stereocenters. The Morgan fingerprint density at radius 2 is 1.89 bits per heavy atom. The van der Waals surface area contributed by atoms with E-state index in [2.05, 4.69) is 4.72 Å². The first-order chi connectivity index (χ1) is 13.5. The van der Waals surface area contributed by atoms with Gasteiger partial charge in [-0.1, -0.05) is 0 Å². The van der Waals surface area contributed by atoms with Crippen LogP contribution < -0.4 is 14.2 Å². The summed E-state index contributed by atoms with van der Waals surface area (Å²) in [4.78, 5) is 13.8. The highest BCUT2D eigenvalue weighted by Gasteiger charge is 2.19. The molecule has 0 spiro atoms. The number of hydrogen-bond donors (Lipinski definition) is 1. The number of carbonyl (C=O) groups is 1. The summed E-state index contributed by atoms with van der Waals surface area (Å²) >= 11 is 2.75. The maximum absolute atomic E-state index is 12.6. The zero-order valence-electron chi connectivity index (χ0n) is 14.7.